The zero-order valence-corrected chi connectivity index (χ0v) is 10.9. The van der Waals surface area contributed by atoms with E-state index in [1.165, 1.54) is 11.9 Å². The number of halogens is 1. The average molecular weight is 260 g/mol. The van der Waals surface area contributed by atoms with Crippen molar-refractivity contribution in [3.05, 3.63) is 47.7 Å². The first-order chi connectivity index (χ1) is 9.20. The summed E-state index contributed by atoms with van der Waals surface area (Å²) in [5.41, 5.74) is 7.80. The Morgan fingerprint density at radius 2 is 2.16 bits per heavy atom. The molecule has 0 fully saturated rings. The molecule has 4 nitrogen and oxygen atoms in total. The van der Waals surface area contributed by atoms with Gasteiger partial charge in [0.05, 0.1) is 5.69 Å². The van der Waals surface area contributed by atoms with Gasteiger partial charge in [0.15, 0.2) is 11.6 Å². The van der Waals surface area contributed by atoms with E-state index in [9.17, 15) is 4.39 Å². The van der Waals surface area contributed by atoms with E-state index in [-0.39, 0.29) is 5.82 Å². The fourth-order valence-electron chi connectivity index (χ4n) is 1.79. The highest BCUT2D eigenvalue weighted by Gasteiger charge is 2.07. The molecular weight excluding hydrogens is 243 g/mol. The molecular formula is C14H17FN4. The van der Waals surface area contributed by atoms with Crippen molar-refractivity contribution in [3.63, 3.8) is 0 Å². The summed E-state index contributed by atoms with van der Waals surface area (Å²) in [7, 11) is 0. The van der Waals surface area contributed by atoms with Crippen LogP contribution in [0.2, 0.25) is 0 Å². The second-order valence-corrected chi connectivity index (χ2v) is 4.34. The van der Waals surface area contributed by atoms with Crippen LogP contribution in [0, 0.1) is 12.7 Å². The molecule has 0 aliphatic carbocycles. The summed E-state index contributed by atoms with van der Waals surface area (Å²) in [6.45, 7) is 2.28. The zero-order chi connectivity index (χ0) is 13.7. The van der Waals surface area contributed by atoms with Crippen LogP contribution in [-0.2, 0) is 6.42 Å². The molecule has 0 aliphatic rings. The van der Waals surface area contributed by atoms with Crippen LogP contribution >= 0.6 is 0 Å². The molecule has 0 unspecified atom stereocenters. The summed E-state index contributed by atoms with van der Waals surface area (Å²) in [6.07, 6.45) is 3.20. The molecule has 1 aromatic carbocycles. The highest BCUT2D eigenvalue weighted by Crippen LogP contribution is 2.19. The topological polar surface area (TPSA) is 63.8 Å². The molecule has 1 heterocycles. The first kappa shape index (κ1) is 13.4. The average Bonchev–Trinajstić information content (AvgIpc) is 2.42. The Kier molecular flexibility index (Phi) is 4.41. The van der Waals surface area contributed by atoms with Gasteiger partial charge in [0.1, 0.15) is 6.33 Å². The highest BCUT2D eigenvalue weighted by molar-refractivity contribution is 5.57. The number of nitrogens with zero attached hydrogens (tertiary/aromatic N) is 2. The Morgan fingerprint density at radius 1 is 1.32 bits per heavy atom. The number of hydrogen-bond donors (Lipinski definition) is 2. The molecule has 0 atom stereocenters. The quantitative estimate of drug-likeness (QED) is 0.867. The van der Waals surface area contributed by atoms with Gasteiger partial charge in [0.25, 0.3) is 0 Å². The number of nitrogens with one attached hydrogen (secondary N) is 1. The standard InChI is InChI=1S/C14H17FN4/c1-10-13(15)14(18-9-17-10)19-12-6-2-4-11(8-12)5-3-7-16/h2,4,6,8-9H,3,5,7,16H2,1H3,(H,17,18,19). The van der Waals surface area contributed by atoms with Gasteiger partial charge in [-0.05, 0) is 44.0 Å². The fourth-order valence-corrected chi connectivity index (χ4v) is 1.79. The Bertz CT molecular complexity index is 557. The molecule has 2 rings (SSSR count). The lowest BCUT2D eigenvalue weighted by molar-refractivity contribution is 0.607. The van der Waals surface area contributed by atoms with Gasteiger partial charge in [-0.3, -0.25) is 0 Å². The van der Waals surface area contributed by atoms with E-state index in [0.717, 1.165) is 18.5 Å². The molecule has 0 radical (unpaired) electrons. The lowest BCUT2D eigenvalue weighted by atomic mass is 10.1. The van der Waals surface area contributed by atoms with E-state index in [1.807, 2.05) is 24.3 Å². The molecule has 3 N–H and O–H groups in total. The maximum atomic E-state index is 13.8. The van der Waals surface area contributed by atoms with Gasteiger partial charge < -0.3 is 11.1 Å². The number of anilines is 2. The van der Waals surface area contributed by atoms with Crippen molar-refractivity contribution in [1.82, 2.24) is 9.97 Å². The number of hydrogen-bond acceptors (Lipinski definition) is 4. The minimum absolute atomic E-state index is 0.198. The number of benzene rings is 1. The van der Waals surface area contributed by atoms with E-state index in [1.54, 1.807) is 6.92 Å². The molecule has 1 aromatic heterocycles. The van der Waals surface area contributed by atoms with Crippen molar-refractivity contribution in [2.45, 2.75) is 19.8 Å². The third-order valence-electron chi connectivity index (χ3n) is 2.82. The molecule has 5 heteroatoms. The first-order valence-corrected chi connectivity index (χ1v) is 6.24. The Morgan fingerprint density at radius 3 is 2.95 bits per heavy atom. The minimum Gasteiger partial charge on any atom is -0.338 e. The molecule has 0 bridgehead atoms. The summed E-state index contributed by atoms with van der Waals surface area (Å²) in [5, 5.41) is 2.97. The predicted molar refractivity (Wildman–Crippen MR) is 73.8 cm³/mol. The van der Waals surface area contributed by atoms with Gasteiger partial charge in [0, 0.05) is 5.69 Å². The molecule has 19 heavy (non-hydrogen) atoms. The fraction of sp³-hybridized carbons (Fsp3) is 0.286. The predicted octanol–water partition coefficient (Wildman–Crippen LogP) is 2.56. The molecule has 0 saturated heterocycles. The summed E-state index contributed by atoms with van der Waals surface area (Å²) in [5.74, 6) is -0.224. The van der Waals surface area contributed by atoms with E-state index in [2.05, 4.69) is 15.3 Å². The number of nitrogens with two attached hydrogens (primary N) is 1. The van der Waals surface area contributed by atoms with E-state index in [4.69, 9.17) is 5.73 Å². The van der Waals surface area contributed by atoms with Crippen LogP contribution in [0.5, 0.6) is 0 Å². The van der Waals surface area contributed by atoms with Crippen molar-refractivity contribution < 1.29 is 4.39 Å². The largest absolute Gasteiger partial charge is 0.338 e. The van der Waals surface area contributed by atoms with E-state index < -0.39 is 5.82 Å². The van der Waals surface area contributed by atoms with Gasteiger partial charge in [-0.25, -0.2) is 14.4 Å². The summed E-state index contributed by atoms with van der Waals surface area (Å²) < 4.78 is 13.8. The van der Waals surface area contributed by atoms with Crippen LogP contribution in [0.25, 0.3) is 0 Å². The first-order valence-electron chi connectivity index (χ1n) is 6.24. The maximum absolute atomic E-state index is 13.8. The Balaban J connectivity index is 2.16. The van der Waals surface area contributed by atoms with Crippen LogP contribution in [-0.4, -0.2) is 16.5 Å². The monoisotopic (exact) mass is 260 g/mol. The van der Waals surface area contributed by atoms with Gasteiger partial charge in [-0.1, -0.05) is 12.1 Å². The molecule has 0 saturated carbocycles. The van der Waals surface area contributed by atoms with Crippen LogP contribution in [0.4, 0.5) is 15.9 Å². The number of rotatable bonds is 5. The minimum atomic E-state index is -0.421. The van der Waals surface area contributed by atoms with Crippen LogP contribution in [0.3, 0.4) is 0 Å². The lowest BCUT2D eigenvalue weighted by Crippen LogP contribution is -2.02. The van der Waals surface area contributed by atoms with Crippen molar-refractivity contribution in [3.8, 4) is 0 Å². The zero-order valence-electron chi connectivity index (χ0n) is 10.9. The molecule has 100 valence electrons. The summed E-state index contributed by atoms with van der Waals surface area (Å²) in [6, 6.07) is 7.82. The van der Waals surface area contributed by atoms with Crippen molar-refractivity contribution >= 4 is 11.5 Å². The maximum Gasteiger partial charge on any atom is 0.186 e. The van der Waals surface area contributed by atoms with Crippen molar-refractivity contribution in [1.29, 1.82) is 0 Å². The molecule has 0 aliphatic heterocycles. The van der Waals surface area contributed by atoms with E-state index >= 15 is 0 Å². The van der Waals surface area contributed by atoms with Gasteiger partial charge in [0.2, 0.25) is 0 Å². The summed E-state index contributed by atoms with van der Waals surface area (Å²) >= 11 is 0. The number of aromatic nitrogens is 2. The lowest BCUT2D eigenvalue weighted by Gasteiger charge is -2.09. The number of aryl methyl sites for hydroxylation is 2. The second-order valence-electron chi connectivity index (χ2n) is 4.34. The molecule has 0 amide bonds. The van der Waals surface area contributed by atoms with Gasteiger partial charge in [-0.2, -0.15) is 0 Å². The summed E-state index contributed by atoms with van der Waals surface area (Å²) in [4.78, 5) is 7.71. The molecule has 2 aromatic rings. The smallest absolute Gasteiger partial charge is 0.186 e. The van der Waals surface area contributed by atoms with Crippen molar-refractivity contribution in [2.24, 2.45) is 5.73 Å². The van der Waals surface area contributed by atoms with Gasteiger partial charge in [-0.15, -0.1) is 0 Å². The third kappa shape index (κ3) is 3.48. The molecule has 0 spiro atoms. The Labute approximate surface area is 111 Å². The highest BCUT2D eigenvalue weighted by atomic mass is 19.1. The second kappa shape index (κ2) is 6.24. The van der Waals surface area contributed by atoms with Gasteiger partial charge >= 0.3 is 0 Å². The van der Waals surface area contributed by atoms with Crippen LogP contribution < -0.4 is 11.1 Å². The van der Waals surface area contributed by atoms with Crippen LogP contribution in [0.15, 0.2) is 30.6 Å². The Hall–Kier alpha value is -2.01. The SMILES string of the molecule is Cc1ncnc(Nc2cccc(CCCN)c2)c1F. The normalized spacial score (nSPS) is 10.5. The van der Waals surface area contributed by atoms with Crippen molar-refractivity contribution in [2.75, 3.05) is 11.9 Å². The van der Waals surface area contributed by atoms with E-state index in [0.29, 0.717) is 12.2 Å². The van der Waals surface area contributed by atoms with Crippen LogP contribution in [0.1, 0.15) is 17.7 Å². The third-order valence-corrected chi connectivity index (χ3v) is 2.82.